The molecule has 1 atom stereocenters. The summed E-state index contributed by atoms with van der Waals surface area (Å²) < 4.78 is 25.2. The first kappa shape index (κ1) is 18.3. The Bertz CT molecular complexity index is 695. The largest absolute Gasteiger partial charge is 0.340 e. The highest BCUT2D eigenvalue weighted by atomic mass is 32.2. The molecule has 3 heterocycles. The molecule has 8 heteroatoms. The SMILES string of the molecule is CS(=O)(=O)N1CCC[C@H]1C(=O)N1CCCN(Cc2cccnc2)CC1. The summed E-state index contributed by atoms with van der Waals surface area (Å²) in [5, 5.41) is 0. The van der Waals surface area contributed by atoms with Gasteiger partial charge in [-0.05, 0) is 30.9 Å². The molecule has 2 aliphatic rings. The van der Waals surface area contributed by atoms with E-state index in [1.807, 2.05) is 17.2 Å². The van der Waals surface area contributed by atoms with E-state index < -0.39 is 16.1 Å². The molecule has 0 saturated carbocycles. The van der Waals surface area contributed by atoms with Gasteiger partial charge in [-0.15, -0.1) is 0 Å². The van der Waals surface area contributed by atoms with Crippen molar-refractivity contribution in [3.63, 3.8) is 0 Å². The van der Waals surface area contributed by atoms with Crippen LogP contribution in [0.2, 0.25) is 0 Å². The first-order valence-electron chi connectivity index (χ1n) is 8.82. The molecular weight excluding hydrogens is 340 g/mol. The normalized spacial score (nSPS) is 23.6. The van der Waals surface area contributed by atoms with Gasteiger partial charge in [-0.25, -0.2) is 8.42 Å². The Kier molecular flexibility index (Phi) is 5.71. The molecule has 0 aromatic carbocycles. The van der Waals surface area contributed by atoms with E-state index in [1.165, 1.54) is 16.1 Å². The fourth-order valence-corrected chi connectivity index (χ4v) is 4.81. The number of carbonyl (C=O) groups excluding carboxylic acids is 1. The first-order valence-corrected chi connectivity index (χ1v) is 10.7. The van der Waals surface area contributed by atoms with Gasteiger partial charge >= 0.3 is 0 Å². The second-order valence-corrected chi connectivity index (χ2v) is 8.78. The zero-order valence-electron chi connectivity index (χ0n) is 14.7. The molecule has 2 fully saturated rings. The third kappa shape index (κ3) is 4.56. The van der Waals surface area contributed by atoms with Crippen molar-refractivity contribution in [1.82, 2.24) is 19.1 Å². The van der Waals surface area contributed by atoms with Crippen LogP contribution in [0, 0.1) is 0 Å². The molecule has 3 rings (SSSR count). The molecule has 138 valence electrons. The summed E-state index contributed by atoms with van der Waals surface area (Å²) in [5.41, 5.74) is 1.17. The number of hydrogen-bond acceptors (Lipinski definition) is 5. The van der Waals surface area contributed by atoms with Crippen molar-refractivity contribution >= 4 is 15.9 Å². The summed E-state index contributed by atoms with van der Waals surface area (Å²) >= 11 is 0. The van der Waals surface area contributed by atoms with Crippen molar-refractivity contribution in [3.8, 4) is 0 Å². The van der Waals surface area contributed by atoms with E-state index >= 15 is 0 Å². The van der Waals surface area contributed by atoms with Crippen LogP contribution in [-0.4, -0.2) is 78.4 Å². The predicted octanol–water partition coefficient (Wildman–Crippen LogP) is 0.540. The summed E-state index contributed by atoms with van der Waals surface area (Å²) in [6.07, 6.45) is 7.11. The number of sulfonamides is 1. The molecule has 1 aromatic rings. The average Bonchev–Trinajstić information content (AvgIpc) is 2.97. The quantitative estimate of drug-likeness (QED) is 0.778. The first-order chi connectivity index (χ1) is 11.9. The van der Waals surface area contributed by atoms with Crippen molar-refractivity contribution in [2.24, 2.45) is 0 Å². The smallest absolute Gasteiger partial charge is 0.241 e. The Hall–Kier alpha value is -1.51. The summed E-state index contributed by atoms with van der Waals surface area (Å²) in [4.78, 5) is 21.2. The Morgan fingerprint density at radius 2 is 2.04 bits per heavy atom. The van der Waals surface area contributed by atoms with Crippen LogP contribution in [0.4, 0.5) is 0 Å². The van der Waals surface area contributed by atoms with Gasteiger partial charge in [-0.3, -0.25) is 14.7 Å². The van der Waals surface area contributed by atoms with Crippen LogP contribution in [-0.2, 0) is 21.4 Å². The van der Waals surface area contributed by atoms with Gasteiger partial charge in [-0.1, -0.05) is 6.07 Å². The average molecular weight is 366 g/mol. The van der Waals surface area contributed by atoms with E-state index in [1.54, 1.807) is 6.20 Å². The maximum Gasteiger partial charge on any atom is 0.241 e. The molecule has 0 radical (unpaired) electrons. The molecule has 0 bridgehead atoms. The van der Waals surface area contributed by atoms with E-state index in [9.17, 15) is 13.2 Å². The van der Waals surface area contributed by atoms with Crippen molar-refractivity contribution in [2.75, 3.05) is 39.0 Å². The lowest BCUT2D eigenvalue weighted by molar-refractivity contribution is -0.134. The van der Waals surface area contributed by atoms with E-state index in [0.717, 1.165) is 32.5 Å². The van der Waals surface area contributed by atoms with Gasteiger partial charge in [0.25, 0.3) is 0 Å². The highest BCUT2D eigenvalue weighted by Crippen LogP contribution is 2.23. The van der Waals surface area contributed by atoms with Crippen LogP contribution < -0.4 is 0 Å². The minimum absolute atomic E-state index is 0.0360. The minimum Gasteiger partial charge on any atom is -0.340 e. The third-order valence-corrected chi connectivity index (χ3v) is 6.23. The zero-order chi connectivity index (χ0) is 17.9. The van der Waals surface area contributed by atoms with Crippen LogP contribution in [0.5, 0.6) is 0 Å². The van der Waals surface area contributed by atoms with Crippen LogP contribution in [0.1, 0.15) is 24.8 Å². The van der Waals surface area contributed by atoms with Crippen molar-refractivity contribution in [3.05, 3.63) is 30.1 Å². The summed E-state index contributed by atoms with van der Waals surface area (Å²) in [5.74, 6) is -0.0360. The molecule has 7 nitrogen and oxygen atoms in total. The molecule has 1 aromatic heterocycles. The van der Waals surface area contributed by atoms with E-state index in [2.05, 4.69) is 16.0 Å². The molecule has 0 aliphatic carbocycles. The number of carbonyl (C=O) groups is 1. The lowest BCUT2D eigenvalue weighted by atomic mass is 10.2. The number of rotatable bonds is 4. The fraction of sp³-hybridized carbons (Fsp3) is 0.647. The minimum atomic E-state index is -3.33. The highest BCUT2D eigenvalue weighted by molar-refractivity contribution is 7.88. The Balaban J connectivity index is 1.60. The lowest BCUT2D eigenvalue weighted by Crippen LogP contribution is -2.48. The molecule has 25 heavy (non-hydrogen) atoms. The van der Waals surface area contributed by atoms with Gasteiger partial charge in [0.1, 0.15) is 6.04 Å². The zero-order valence-corrected chi connectivity index (χ0v) is 15.5. The van der Waals surface area contributed by atoms with Crippen molar-refractivity contribution in [2.45, 2.75) is 31.8 Å². The van der Waals surface area contributed by atoms with E-state index in [-0.39, 0.29) is 5.91 Å². The third-order valence-electron chi connectivity index (χ3n) is 4.94. The molecule has 0 spiro atoms. The maximum absolute atomic E-state index is 12.9. The number of nitrogens with zero attached hydrogens (tertiary/aromatic N) is 4. The van der Waals surface area contributed by atoms with Crippen LogP contribution >= 0.6 is 0 Å². The fourth-order valence-electron chi connectivity index (χ4n) is 3.69. The second kappa shape index (κ2) is 7.80. The van der Waals surface area contributed by atoms with E-state index in [4.69, 9.17) is 0 Å². The monoisotopic (exact) mass is 366 g/mol. The Morgan fingerprint density at radius 3 is 2.76 bits per heavy atom. The number of amides is 1. The molecule has 0 unspecified atom stereocenters. The summed E-state index contributed by atoms with van der Waals surface area (Å²) in [7, 11) is -3.33. The van der Waals surface area contributed by atoms with Crippen LogP contribution in [0.3, 0.4) is 0 Å². The molecule has 1 amide bonds. The topological polar surface area (TPSA) is 73.8 Å². The standard InChI is InChI=1S/C17H26N4O3S/c1-25(23,24)21-10-3-6-16(21)17(22)20-9-4-8-19(11-12-20)14-15-5-2-7-18-13-15/h2,5,7,13,16H,3-4,6,8-12,14H2,1H3/t16-/m0/s1. The predicted molar refractivity (Wildman–Crippen MR) is 95.3 cm³/mol. The number of pyridine rings is 1. The van der Waals surface area contributed by atoms with Gasteiger partial charge in [0, 0.05) is 51.7 Å². The molecule has 2 saturated heterocycles. The van der Waals surface area contributed by atoms with Gasteiger partial charge < -0.3 is 4.90 Å². The van der Waals surface area contributed by atoms with E-state index in [0.29, 0.717) is 26.1 Å². The lowest BCUT2D eigenvalue weighted by Gasteiger charge is -2.28. The summed E-state index contributed by atoms with van der Waals surface area (Å²) in [6, 6.07) is 3.48. The Morgan fingerprint density at radius 1 is 1.20 bits per heavy atom. The van der Waals surface area contributed by atoms with Crippen LogP contribution in [0.25, 0.3) is 0 Å². The molecule has 0 N–H and O–H groups in total. The van der Waals surface area contributed by atoms with Gasteiger partial charge in [0.2, 0.25) is 15.9 Å². The van der Waals surface area contributed by atoms with Gasteiger partial charge in [-0.2, -0.15) is 4.31 Å². The maximum atomic E-state index is 12.9. The number of hydrogen-bond donors (Lipinski definition) is 0. The molecular formula is C17H26N4O3S. The second-order valence-electron chi connectivity index (χ2n) is 6.85. The van der Waals surface area contributed by atoms with Gasteiger partial charge in [0.05, 0.1) is 6.26 Å². The van der Waals surface area contributed by atoms with Crippen molar-refractivity contribution in [1.29, 1.82) is 0 Å². The highest BCUT2D eigenvalue weighted by Gasteiger charge is 2.38. The van der Waals surface area contributed by atoms with Gasteiger partial charge in [0.15, 0.2) is 0 Å². The Labute approximate surface area is 149 Å². The van der Waals surface area contributed by atoms with Crippen molar-refractivity contribution < 1.29 is 13.2 Å². The molecule has 2 aliphatic heterocycles. The summed E-state index contributed by atoms with van der Waals surface area (Å²) in [6.45, 7) is 4.35. The van der Waals surface area contributed by atoms with Crippen LogP contribution in [0.15, 0.2) is 24.5 Å². The number of aromatic nitrogens is 1.